The Morgan fingerprint density at radius 1 is 1.09 bits per heavy atom. The molecule has 0 saturated carbocycles. The van der Waals surface area contributed by atoms with Crippen molar-refractivity contribution in [2.45, 2.75) is 19.9 Å². The van der Waals surface area contributed by atoms with E-state index in [0.29, 0.717) is 0 Å². The summed E-state index contributed by atoms with van der Waals surface area (Å²) in [5.74, 6) is 0. The highest BCUT2D eigenvalue weighted by atomic mass is 15.4. The molecule has 0 N–H and O–H groups in total. The number of likely N-dealkylation sites (N-methyl/N-ethyl adjacent to an activating group) is 1. The van der Waals surface area contributed by atoms with E-state index in [4.69, 9.17) is 0 Å². The van der Waals surface area contributed by atoms with Gasteiger partial charge >= 0.3 is 0 Å². The average Bonchev–Trinajstić information content (AvgIpc) is 1.86. The summed E-state index contributed by atoms with van der Waals surface area (Å²) in [6, 6.07) is 0.732. The summed E-state index contributed by atoms with van der Waals surface area (Å²) in [4.78, 5) is 2.56. The Bertz CT molecular complexity index is 120. The Balaban J connectivity index is 2.36. The van der Waals surface area contributed by atoms with Gasteiger partial charge in [-0.1, -0.05) is 0 Å². The quantitative estimate of drug-likeness (QED) is 0.509. The maximum atomic E-state index is 2.56. The molecular weight excluding hydrogens is 136 g/mol. The first kappa shape index (κ1) is 9.01. The molecule has 0 unspecified atom stereocenters. The van der Waals surface area contributed by atoms with Crippen LogP contribution in [0.5, 0.6) is 0 Å². The zero-order chi connectivity index (χ0) is 8.48. The summed E-state index contributed by atoms with van der Waals surface area (Å²) in [6.07, 6.45) is 0. The molecule has 0 radical (unpaired) electrons. The summed E-state index contributed by atoms with van der Waals surface area (Å²) >= 11 is 0. The number of hydrogen-bond acceptors (Lipinski definition) is 1. The van der Waals surface area contributed by atoms with Crippen molar-refractivity contribution in [1.82, 2.24) is 4.90 Å². The number of piperazine rings is 1. The van der Waals surface area contributed by atoms with Crippen molar-refractivity contribution in [1.29, 1.82) is 0 Å². The first-order valence-electron chi connectivity index (χ1n) is 4.57. The maximum absolute atomic E-state index is 2.56. The van der Waals surface area contributed by atoms with E-state index in [1.807, 2.05) is 0 Å². The third kappa shape index (κ3) is 2.46. The molecule has 1 aliphatic rings. The van der Waals surface area contributed by atoms with Crippen LogP contribution in [-0.2, 0) is 0 Å². The minimum Gasteiger partial charge on any atom is -0.326 e. The molecule has 0 amide bonds. The van der Waals surface area contributed by atoms with Gasteiger partial charge in [-0.25, -0.2) is 0 Å². The van der Waals surface area contributed by atoms with E-state index in [1.54, 1.807) is 0 Å². The topological polar surface area (TPSA) is 3.24 Å². The fourth-order valence-corrected chi connectivity index (χ4v) is 1.54. The van der Waals surface area contributed by atoms with Gasteiger partial charge in [0.05, 0.1) is 27.2 Å². The molecule has 0 bridgehead atoms. The Labute approximate surface area is 70.4 Å². The molecule has 0 aromatic rings. The molecule has 0 aromatic heterocycles. The third-order valence-corrected chi connectivity index (χ3v) is 2.72. The number of nitrogens with zero attached hydrogens (tertiary/aromatic N) is 2. The van der Waals surface area contributed by atoms with Crippen LogP contribution in [0.2, 0.25) is 0 Å². The van der Waals surface area contributed by atoms with E-state index in [2.05, 4.69) is 32.8 Å². The van der Waals surface area contributed by atoms with Crippen LogP contribution < -0.4 is 0 Å². The van der Waals surface area contributed by atoms with Gasteiger partial charge in [-0.05, 0) is 13.8 Å². The molecule has 0 aromatic carbocycles. The van der Waals surface area contributed by atoms with Crippen LogP contribution in [-0.4, -0.2) is 55.7 Å². The van der Waals surface area contributed by atoms with Crippen LogP contribution in [0.25, 0.3) is 0 Å². The predicted octanol–water partition coefficient (Wildman–Crippen LogP) is 0.787. The van der Waals surface area contributed by atoms with Gasteiger partial charge in [0.25, 0.3) is 0 Å². The number of rotatable bonds is 1. The fourth-order valence-electron chi connectivity index (χ4n) is 1.54. The van der Waals surface area contributed by atoms with Crippen molar-refractivity contribution in [2.75, 3.05) is 40.3 Å². The van der Waals surface area contributed by atoms with Crippen molar-refractivity contribution in [3.8, 4) is 0 Å². The van der Waals surface area contributed by atoms with Crippen molar-refractivity contribution < 1.29 is 4.48 Å². The Kier molecular flexibility index (Phi) is 2.55. The number of quaternary nitrogens is 1. The molecule has 0 atom stereocenters. The van der Waals surface area contributed by atoms with Gasteiger partial charge < -0.3 is 4.48 Å². The summed E-state index contributed by atoms with van der Waals surface area (Å²) in [6.45, 7) is 9.71. The maximum Gasteiger partial charge on any atom is 0.0912 e. The second kappa shape index (κ2) is 3.11. The average molecular weight is 157 g/mol. The van der Waals surface area contributed by atoms with E-state index in [-0.39, 0.29) is 0 Å². The summed E-state index contributed by atoms with van der Waals surface area (Å²) < 4.78 is 1.20. The van der Waals surface area contributed by atoms with E-state index >= 15 is 0 Å². The van der Waals surface area contributed by atoms with Crippen molar-refractivity contribution >= 4 is 0 Å². The lowest BCUT2D eigenvalue weighted by Gasteiger charge is -2.40. The van der Waals surface area contributed by atoms with Crippen LogP contribution in [0.4, 0.5) is 0 Å². The van der Waals surface area contributed by atoms with E-state index in [1.165, 1.54) is 30.7 Å². The molecule has 0 spiro atoms. The Hall–Kier alpha value is -0.0800. The molecule has 1 fully saturated rings. The van der Waals surface area contributed by atoms with Gasteiger partial charge in [-0.2, -0.15) is 0 Å². The molecule has 1 rings (SSSR count). The van der Waals surface area contributed by atoms with Crippen LogP contribution >= 0.6 is 0 Å². The predicted molar refractivity (Wildman–Crippen MR) is 48.6 cm³/mol. The van der Waals surface area contributed by atoms with Gasteiger partial charge in [0, 0.05) is 19.1 Å². The molecule has 0 aliphatic carbocycles. The molecule has 11 heavy (non-hydrogen) atoms. The van der Waals surface area contributed by atoms with Crippen molar-refractivity contribution in [2.24, 2.45) is 0 Å². The second-order valence-electron chi connectivity index (χ2n) is 4.51. The zero-order valence-electron chi connectivity index (χ0n) is 8.30. The lowest BCUT2D eigenvalue weighted by Crippen LogP contribution is -2.56. The van der Waals surface area contributed by atoms with Crippen LogP contribution in [0.1, 0.15) is 13.8 Å². The van der Waals surface area contributed by atoms with Crippen molar-refractivity contribution in [3.05, 3.63) is 0 Å². The SMILES string of the molecule is CC(C)N1CC[N+](C)(C)CC1. The molecule has 1 aliphatic heterocycles. The lowest BCUT2D eigenvalue weighted by atomic mass is 10.2. The van der Waals surface area contributed by atoms with E-state index < -0.39 is 0 Å². The minimum absolute atomic E-state index is 0.732. The normalized spacial score (nSPS) is 25.9. The monoisotopic (exact) mass is 157 g/mol. The highest BCUT2D eigenvalue weighted by Gasteiger charge is 2.24. The fraction of sp³-hybridized carbons (Fsp3) is 1.00. The highest BCUT2D eigenvalue weighted by Crippen LogP contribution is 2.08. The summed E-state index contributed by atoms with van der Waals surface area (Å²) in [5.41, 5.74) is 0. The first-order chi connectivity index (χ1) is 5.01. The molecule has 2 nitrogen and oxygen atoms in total. The lowest BCUT2D eigenvalue weighted by molar-refractivity contribution is -0.894. The molecule has 66 valence electrons. The van der Waals surface area contributed by atoms with Crippen LogP contribution in [0, 0.1) is 0 Å². The van der Waals surface area contributed by atoms with Gasteiger partial charge in [-0.3, -0.25) is 4.90 Å². The standard InChI is InChI=1S/C9H21N2/c1-9(2)10-5-7-11(3,4)8-6-10/h9H,5-8H2,1-4H3/q+1. The summed E-state index contributed by atoms with van der Waals surface area (Å²) in [7, 11) is 4.63. The van der Waals surface area contributed by atoms with E-state index in [9.17, 15) is 0 Å². The van der Waals surface area contributed by atoms with Gasteiger partial charge in [0.15, 0.2) is 0 Å². The largest absolute Gasteiger partial charge is 0.326 e. The van der Waals surface area contributed by atoms with Crippen LogP contribution in [0.15, 0.2) is 0 Å². The summed E-state index contributed by atoms with van der Waals surface area (Å²) in [5, 5.41) is 0. The van der Waals surface area contributed by atoms with Gasteiger partial charge in [-0.15, -0.1) is 0 Å². The molecule has 1 saturated heterocycles. The smallest absolute Gasteiger partial charge is 0.0912 e. The van der Waals surface area contributed by atoms with Gasteiger partial charge in [0.2, 0.25) is 0 Å². The second-order valence-corrected chi connectivity index (χ2v) is 4.51. The minimum atomic E-state index is 0.732. The van der Waals surface area contributed by atoms with Crippen molar-refractivity contribution in [3.63, 3.8) is 0 Å². The molecule has 2 heteroatoms. The van der Waals surface area contributed by atoms with Gasteiger partial charge in [0.1, 0.15) is 0 Å². The Morgan fingerprint density at radius 3 is 1.91 bits per heavy atom. The molecule has 1 heterocycles. The number of hydrogen-bond donors (Lipinski definition) is 0. The highest BCUT2D eigenvalue weighted by molar-refractivity contribution is 4.65. The van der Waals surface area contributed by atoms with Crippen LogP contribution in [0.3, 0.4) is 0 Å². The third-order valence-electron chi connectivity index (χ3n) is 2.72. The molecular formula is C9H21N2+. The first-order valence-corrected chi connectivity index (χ1v) is 4.57. The van der Waals surface area contributed by atoms with E-state index in [0.717, 1.165) is 6.04 Å². The zero-order valence-corrected chi connectivity index (χ0v) is 8.30. The Morgan fingerprint density at radius 2 is 1.55 bits per heavy atom.